The molecule has 0 saturated heterocycles. The molecule has 0 unspecified atom stereocenters. The van der Waals surface area contributed by atoms with Crippen LogP contribution < -0.4 is 10.1 Å². The molecule has 0 atom stereocenters. The van der Waals surface area contributed by atoms with Crippen molar-refractivity contribution in [3.05, 3.63) is 72.4 Å². The number of anilines is 2. The van der Waals surface area contributed by atoms with Crippen molar-refractivity contribution in [3.63, 3.8) is 0 Å². The van der Waals surface area contributed by atoms with Crippen molar-refractivity contribution in [2.45, 2.75) is 6.92 Å². The molecule has 5 rings (SSSR count). The van der Waals surface area contributed by atoms with Crippen LogP contribution in [0.25, 0.3) is 32.4 Å². The molecule has 0 fully saturated rings. The molecular formula is C23H18N4OS. The van der Waals surface area contributed by atoms with Crippen molar-refractivity contribution >= 4 is 43.8 Å². The van der Waals surface area contributed by atoms with Crippen molar-refractivity contribution in [1.29, 1.82) is 0 Å². The van der Waals surface area contributed by atoms with Crippen LogP contribution in [0.2, 0.25) is 0 Å². The van der Waals surface area contributed by atoms with Gasteiger partial charge in [0.25, 0.3) is 0 Å². The number of hydrogen-bond acceptors (Lipinski definition) is 6. The number of ether oxygens (including phenoxy) is 1. The van der Waals surface area contributed by atoms with E-state index in [2.05, 4.69) is 39.9 Å². The zero-order chi connectivity index (χ0) is 19.6. The lowest BCUT2D eigenvalue weighted by Crippen LogP contribution is -2.00. The maximum absolute atomic E-state index is 5.69. The Morgan fingerprint density at radius 2 is 2.00 bits per heavy atom. The number of benzene rings is 2. The number of rotatable bonds is 5. The van der Waals surface area contributed by atoms with Gasteiger partial charge in [-0.1, -0.05) is 6.07 Å². The maximum Gasteiger partial charge on any atom is 0.163 e. The molecule has 0 amide bonds. The predicted octanol–water partition coefficient (Wildman–Crippen LogP) is 6.05. The average Bonchev–Trinajstić information content (AvgIpc) is 3.23. The summed E-state index contributed by atoms with van der Waals surface area (Å²) < 4.78 is 6.92. The lowest BCUT2D eigenvalue weighted by Gasteiger charge is -2.12. The largest absolute Gasteiger partial charge is 0.494 e. The molecule has 5 nitrogen and oxygen atoms in total. The summed E-state index contributed by atoms with van der Waals surface area (Å²) in [5, 5.41) is 7.74. The highest BCUT2D eigenvalue weighted by molar-refractivity contribution is 7.17. The molecule has 0 spiro atoms. The van der Waals surface area contributed by atoms with E-state index < -0.39 is 0 Å². The SMILES string of the molecule is CCOc1ccc2nc(-c3cccnc3)nc(Nc3ccc4ccsc4c3)c2c1. The molecule has 6 heteroatoms. The molecule has 0 saturated carbocycles. The third-order valence-corrected chi connectivity index (χ3v) is 5.50. The van der Waals surface area contributed by atoms with Gasteiger partial charge in [0.2, 0.25) is 0 Å². The number of hydrogen-bond donors (Lipinski definition) is 1. The topological polar surface area (TPSA) is 59.9 Å². The van der Waals surface area contributed by atoms with E-state index in [0.29, 0.717) is 12.4 Å². The molecule has 142 valence electrons. The summed E-state index contributed by atoms with van der Waals surface area (Å²) in [6.07, 6.45) is 3.52. The molecule has 0 bridgehead atoms. The van der Waals surface area contributed by atoms with E-state index in [1.165, 1.54) is 10.1 Å². The number of thiophene rings is 1. The minimum absolute atomic E-state index is 0.609. The van der Waals surface area contributed by atoms with Crippen molar-refractivity contribution in [2.24, 2.45) is 0 Å². The zero-order valence-corrected chi connectivity index (χ0v) is 16.6. The molecule has 0 aliphatic heterocycles. The standard InChI is InChI=1S/C23H18N4OS/c1-2-28-18-7-8-20-19(13-18)23(27-22(26-20)16-4-3-10-24-14-16)25-17-6-5-15-9-11-29-21(15)12-17/h3-14H,2H2,1H3,(H,25,26,27). The number of nitrogens with one attached hydrogen (secondary N) is 1. The second-order valence-corrected chi connectivity index (χ2v) is 7.50. The van der Waals surface area contributed by atoms with E-state index in [1.54, 1.807) is 23.7 Å². The van der Waals surface area contributed by atoms with Gasteiger partial charge in [-0.3, -0.25) is 4.98 Å². The Morgan fingerprint density at radius 3 is 2.86 bits per heavy atom. The second-order valence-electron chi connectivity index (χ2n) is 6.55. The lowest BCUT2D eigenvalue weighted by atomic mass is 10.2. The molecular weight excluding hydrogens is 380 g/mol. The number of aromatic nitrogens is 3. The van der Waals surface area contributed by atoms with Crippen LogP contribution in [0.4, 0.5) is 11.5 Å². The first-order chi connectivity index (χ1) is 14.3. The number of nitrogens with zero attached hydrogens (tertiary/aromatic N) is 3. The molecule has 29 heavy (non-hydrogen) atoms. The van der Waals surface area contributed by atoms with E-state index in [-0.39, 0.29) is 0 Å². The van der Waals surface area contributed by atoms with Gasteiger partial charge in [-0.05, 0) is 66.2 Å². The summed E-state index contributed by atoms with van der Waals surface area (Å²) in [6, 6.07) is 18.2. The highest BCUT2D eigenvalue weighted by Gasteiger charge is 2.12. The average molecular weight is 398 g/mol. The van der Waals surface area contributed by atoms with Gasteiger partial charge in [-0.2, -0.15) is 0 Å². The van der Waals surface area contributed by atoms with Crippen molar-refractivity contribution in [1.82, 2.24) is 15.0 Å². The zero-order valence-electron chi connectivity index (χ0n) is 15.8. The van der Waals surface area contributed by atoms with Crippen LogP contribution in [0.5, 0.6) is 5.75 Å². The van der Waals surface area contributed by atoms with Crippen LogP contribution in [0.15, 0.2) is 72.4 Å². The van der Waals surface area contributed by atoms with Crippen LogP contribution in [0, 0.1) is 0 Å². The summed E-state index contributed by atoms with van der Waals surface area (Å²) in [5.41, 5.74) is 2.71. The molecule has 3 heterocycles. The quantitative estimate of drug-likeness (QED) is 0.390. The van der Waals surface area contributed by atoms with Gasteiger partial charge in [0, 0.05) is 33.7 Å². The first-order valence-corrected chi connectivity index (χ1v) is 10.3. The van der Waals surface area contributed by atoms with Crippen molar-refractivity contribution < 1.29 is 4.74 Å². The van der Waals surface area contributed by atoms with E-state index in [1.807, 2.05) is 37.3 Å². The highest BCUT2D eigenvalue weighted by Crippen LogP contribution is 2.31. The molecule has 3 aromatic heterocycles. The van der Waals surface area contributed by atoms with E-state index in [4.69, 9.17) is 14.7 Å². The molecule has 0 aliphatic carbocycles. The third-order valence-electron chi connectivity index (χ3n) is 4.62. The summed E-state index contributed by atoms with van der Waals surface area (Å²) in [4.78, 5) is 13.8. The number of pyridine rings is 1. The van der Waals surface area contributed by atoms with Gasteiger partial charge >= 0.3 is 0 Å². The van der Waals surface area contributed by atoms with Crippen LogP contribution in [0.1, 0.15) is 6.92 Å². The lowest BCUT2D eigenvalue weighted by molar-refractivity contribution is 0.340. The Hall–Kier alpha value is -3.51. The predicted molar refractivity (Wildman–Crippen MR) is 119 cm³/mol. The van der Waals surface area contributed by atoms with E-state index >= 15 is 0 Å². The Bertz CT molecular complexity index is 1300. The Labute approximate surface area is 172 Å². The third kappa shape index (κ3) is 3.50. The van der Waals surface area contributed by atoms with Crippen LogP contribution in [-0.2, 0) is 0 Å². The monoisotopic (exact) mass is 398 g/mol. The fourth-order valence-corrected chi connectivity index (χ4v) is 4.08. The van der Waals surface area contributed by atoms with E-state index in [9.17, 15) is 0 Å². The molecule has 0 radical (unpaired) electrons. The minimum atomic E-state index is 0.609. The van der Waals surface area contributed by atoms with Gasteiger partial charge in [-0.25, -0.2) is 9.97 Å². The normalized spacial score (nSPS) is 11.1. The Morgan fingerprint density at radius 1 is 1.03 bits per heavy atom. The summed E-state index contributed by atoms with van der Waals surface area (Å²) in [5.74, 6) is 2.18. The van der Waals surface area contributed by atoms with Crippen molar-refractivity contribution in [3.8, 4) is 17.1 Å². The van der Waals surface area contributed by atoms with Gasteiger partial charge in [0.05, 0.1) is 12.1 Å². The van der Waals surface area contributed by atoms with Crippen LogP contribution in [-0.4, -0.2) is 21.6 Å². The smallest absolute Gasteiger partial charge is 0.163 e. The molecule has 0 aliphatic rings. The number of fused-ring (bicyclic) bond motifs is 2. The Kier molecular flexibility index (Phi) is 4.54. The minimum Gasteiger partial charge on any atom is -0.494 e. The molecule has 1 N–H and O–H groups in total. The second kappa shape index (κ2) is 7.48. The molecule has 5 aromatic rings. The van der Waals surface area contributed by atoms with Crippen molar-refractivity contribution in [2.75, 3.05) is 11.9 Å². The van der Waals surface area contributed by atoms with E-state index in [0.717, 1.165) is 33.7 Å². The fraction of sp³-hybridized carbons (Fsp3) is 0.0870. The van der Waals surface area contributed by atoms with Gasteiger partial charge in [0.1, 0.15) is 11.6 Å². The first kappa shape index (κ1) is 17.6. The molecule has 2 aromatic carbocycles. The Balaban J connectivity index is 1.65. The maximum atomic E-state index is 5.69. The summed E-state index contributed by atoms with van der Waals surface area (Å²) in [7, 11) is 0. The van der Waals surface area contributed by atoms with Gasteiger partial charge < -0.3 is 10.1 Å². The fourth-order valence-electron chi connectivity index (χ4n) is 3.25. The highest BCUT2D eigenvalue weighted by atomic mass is 32.1. The summed E-state index contributed by atoms with van der Waals surface area (Å²) in [6.45, 7) is 2.58. The van der Waals surface area contributed by atoms with Gasteiger partial charge in [0.15, 0.2) is 5.82 Å². The van der Waals surface area contributed by atoms with Crippen LogP contribution >= 0.6 is 11.3 Å². The van der Waals surface area contributed by atoms with Crippen LogP contribution in [0.3, 0.4) is 0 Å². The summed E-state index contributed by atoms with van der Waals surface area (Å²) >= 11 is 1.72. The first-order valence-electron chi connectivity index (χ1n) is 9.39. The van der Waals surface area contributed by atoms with Gasteiger partial charge in [-0.15, -0.1) is 11.3 Å².